The first-order valence-corrected chi connectivity index (χ1v) is 5.12. The Hall–Kier alpha value is -1.74. The third kappa shape index (κ3) is 5.93. The van der Waals surface area contributed by atoms with Crippen molar-refractivity contribution in [1.29, 1.82) is 0 Å². The predicted molar refractivity (Wildman–Crippen MR) is 54.4 cm³/mol. The van der Waals surface area contributed by atoms with Gasteiger partial charge in [-0.2, -0.15) is 22.0 Å². The molecule has 0 spiro atoms. The minimum Gasteiger partial charge on any atom is -0.459 e. The highest BCUT2D eigenvalue weighted by Crippen LogP contribution is 2.35. The van der Waals surface area contributed by atoms with Crippen LogP contribution in [-0.4, -0.2) is 48.7 Å². The van der Waals surface area contributed by atoms with Crippen molar-refractivity contribution in [3.63, 3.8) is 0 Å². The molecular formula is C10H11F6NO3. The van der Waals surface area contributed by atoms with Gasteiger partial charge in [-0.1, -0.05) is 6.58 Å². The van der Waals surface area contributed by atoms with Crippen LogP contribution in [0, 0.1) is 0 Å². The first-order valence-electron chi connectivity index (χ1n) is 5.12. The van der Waals surface area contributed by atoms with E-state index in [1.54, 1.807) is 0 Å². The number of amides is 1. The lowest BCUT2D eigenvalue weighted by atomic mass is 10.2. The maximum atomic E-state index is 12.7. The van der Waals surface area contributed by atoms with E-state index in [1.165, 1.54) is 0 Å². The number of rotatable bonds is 8. The second-order valence-electron chi connectivity index (χ2n) is 3.60. The van der Waals surface area contributed by atoms with Crippen molar-refractivity contribution >= 4 is 12.4 Å². The largest absolute Gasteiger partial charge is 0.459 e. The van der Waals surface area contributed by atoms with Gasteiger partial charge in [-0.25, -0.2) is 4.39 Å². The summed E-state index contributed by atoms with van der Waals surface area (Å²) in [6, 6.07) is 0. The Morgan fingerprint density at radius 3 is 2.25 bits per heavy atom. The topological polar surface area (TPSA) is 46.6 Å². The van der Waals surface area contributed by atoms with Gasteiger partial charge < -0.3 is 9.64 Å². The van der Waals surface area contributed by atoms with Gasteiger partial charge in [0.05, 0.1) is 6.42 Å². The van der Waals surface area contributed by atoms with Gasteiger partial charge in [-0.05, 0) is 6.20 Å². The third-order valence-corrected chi connectivity index (χ3v) is 2.03. The summed E-state index contributed by atoms with van der Waals surface area (Å²) in [4.78, 5) is 22.1. The van der Waals surface area contributed by atoms with E-state index >= 15 is 0 Å². The molecule has 20 heavy (non-hydrogen) atoms. The van der Waals surface area contributed by atoms with E-state index in [0.717, 1.165) is 11.1 Å². The van der Waals surface area contributed by atoms with Crippen molar-refractivity contribution in [3.8, 4) is 0 Å². The van der Waals surface area contributed by atoms with Crippen molar-refractivity contribution in [2.24, 2.45) is 0 Å². The van der Waals surface area contributed by atoms with E-state index in [1.807, 2.05) is 0 Å². The molecule has 0 rings (SSSR count). The molecule has 0 aromatic carbocycles. The lowest BCUT2D eigenvalue weighted by Crippen LogP contribution is -2.45. The summed E-state index contributed by atoms with van der Waals surface area (Å²) in [6.45, 7) is 0.899. The Kier molecular flexibility index (Phi) is 6.53. The number of halogens is 6. The molecule has 0 bridgehead atoms. The van der Waals surface area contributed by atoms with Crippen LogP contribution in [0.5, 0.6) is 0 Å². The Morgan fingerprint density at radius 2 is 1.85 bits per heavy atom. The normalized spacial score (nSPS) is 13.5. The minimum atomic E-state index is -5.76. The molecule has 0 aliphatic carbocycles. The standard InChI is InChI=1S/C10H11F6NO3/c1-2-17(6-18)4-3-7(19)20-5-9(12,13)8(11)10(14,15)16/h2,6,8H,1,3-5H2. The molecule has 1 amide bonds. The van der Waals surface area contributed by atoms with Gasteiger partial charge in [0.2, 0.25) is 6.41 Å². The molecule has 4 nitrogen and oxygen atoms in total. The SMILES string of the molecule is C=CN(C=O)CCC(=O)OCC(F)(F)C(F)C(F)(F)F. The zero-order chi connectivity index (χ0) is 16.0. The predicted octanol–water partition coefficient (Wildman–Crippen LogP) is 2.06. The first kappa shape index (κ1) is 18.3. The molecule has 0 N–H and O–H groups in total. The fraction of sp³-hybridized carbons (Fsp3) is 0.600. The van der Waals surface area contributed by atoms with E-state index in [0.29, 0.717) is 0 Å². The number of hydrogen-bond acceptors (Lipinski definition) is 3. The van der Waals surface area contributed by atoms with E-state index in [2.05, 4.69) is 11.3 Å². The molecule has 1 unspecified atom stereocenters. The summed E-state index contributed by atoms with van der Waals surface area (Å²) in [5.74, 6) is -6.18. The van der Waals surface area contributed by atoms with Crippen LogP contribution in [-0.2, 0) is 14.3 Å². The van der Waals surface area contributed by atoms with Crippen molar-refractivity contribution < 1.29 is 40.7 Å². The average Bonchev–Trinajstić information content (AvgIpc) is 2.35. The zero-order valence-corrected chi connectivity index (χ0v) is 10.0. The highest BCUT2D eigenvalue weighted by molar-refractivity contribution is 5.70. The van der Waals surface area contributed by atoms with Crippen molar-refractivity contribution in [1.82, 2.24) is 4.90 Å². The fourth-order valence-electron chi connectivity index (χ4n) is 0.969. The van der Waals surface area contributed by atoms with Crippen LogP contribution in [0.25, 0.3) is 0 Å². The Balaban J connectivity index is 4.30. The number of ether oxygens (including phenoxy) is 1. The molecule has 10 heteroatoms. The van der Waals surface area contributed by atoms with Crippen molar-refractivity contribution in [2.45, 2.75) is 24.7 Å². The summed E-state index contributed by atoms with van der Waals surface area (Å²) in [5, 5.41) is 0. The zero-order valence-electron chi connectivity index (χ0n) is 10.0. The van der Waals surface area contributed by atoms with E-state index in [9.17, 15) is 35.9 Å². The van der Waals surface area contributed by atoms with Gasteiger partial charge >= 0.3 is 18.1 Å². The molecule has 0 fully saturated rings. The second-order valence-corrected chi connectivity index (χ2v) is 3.60. The number of hydrogen-bond donors (Lipinski definition) is 0. The Bertz CT molecular complexity index is 349. The summed E-state index contributed by atoms with van der Waals surface area (Å²) >= 11 is 0. The smallest absolute Gasteiger partial charge is 0.425 e. The van der Waals surface area contributed by atoms with Crippen molar-refractivity contribution in [2.75, 3.05) is 13.2 Å². The maximum Gasteiger partial charge on any atom is 0.425 e. The van der Waals surface area contributed by atoms with Gasteiger partial charge in [0.15, 0.2) is 6.61 Å². The number of alkyl halides is 6. The highest BCUT2D eigenvalue weighted by atomic mass is 19.4. The molecular weight excluding hydrogens is 296 g/mol. The lowest BCUT2D eigenvalue weighted by molar-refractivity contribution is -0.254. The molecule has 0 aliphatic heterocycles. The van der Waals surface area contributed by atoms with Crippen LogP contribution < -0.4 is 0 Å². The summed E-state index contributed by atoms with van der Waals surface area (Å²) in [7, 11) is 0. The van der Waals surface area contributed by atoms with Crippen LogP contribution in [0.2, 0.25) is 0 Å². The molecule has 0 aromatic heterocycles. The molecule has 0 saturated heterocycles. The molecule has 0 aromatic rings. The number of nitrogens with zero attached hydrogens (tertiary/aromatic N) is 1. The average molecular weight is 307 g/mol. The molecule has 0 saturated carbocycles. The van der Waals surface area contributed by atoms with Gasteiger partial charge in [0, 0.05) is 6.54 Å². The van der Waals surface area contributed by atoms with Gasteiger partial charge in [0.25, 0.3) is 6.17 Å². The van der Waals surface area contributed by atoms with Gasteiger partial charge in [0.1, 0.15) is 0 Å². The number of carbonyl (C=O) groups excluding carboxylic acids is 2. The highest BCUT2D eigenvalue weighted by Gasteiger charge is 2.57. The maximum absolute atomic E-state index is 12.7. The second kappa shape index (κ2) is 7.15. The Labute approximate surface area is 110 Å². The quantitative estimate of drug-likeness (QED) is 0.392. The minimum absolute atomic E-state index is 0.254. The molecule has 0 radical (unpaired) electrons. The summed E-state index contributed by atoms with van der Waals surface area (Å²) in [5.41, 5.74) is 0. The molecule has 0 heterocycles. The molecule has 116 valence electrons. The first-order chi connectivity index (χ1) is 9.04. The van der Waals surface area contributed by atoms with Crippen LogP contribution >= 0.6 is 0 Å². The van der Waals surface area contributed by atoms with Crippen LogP contribution in [0.15, 0.2) is 12.8 Å². The lowest BCUT2D eigenvalue weighted by Gasteiger charge is -2.22. The van der Waals surface area contributed by atoms with Crippen LogP contribution in [0.1, 0.15) is 6.42 Å². The summed E-state index contributed by atoms with van der Waals surface area (Å²) < 4.78 is 77.1. The molecule has 1 atom stereocenters. The monoisotopic (exact) mass is 307 g/mol. The van der Waals surface area contributed by atoms with E-state index in [-0.39, 0.29) is 13.0 Å². The van der Waals surface area contributed by atoms with Gasteiger partial charge in [-0.3, -0.25) is 9.59 Å². The third-order valence-electron chi connectivity index (χ3n) is 2.03. The van der Waals surface area contributed by atoms with Crippen molar-refractivity contribution in [3.05, 3.63) is 12.8 Å². The van der Waals surface area contributed by atoms with E-state index in [4.69, 9.17) is 0 Å². The summed E-state index contributed by atoms with van der Waals surface area (Å²) in [6.07, 6.45) is -9.41. The number of carbonyl (C=O) groups is 2. The fourth-order valence-corrected chi connectivity index (χ4v) is 0.969. The number of esters is 1. The Morgan fingerprint density at radius 1 is 1.30 bits per heavy atom. The van der Waals surface area contributed by atoms with E-state index < -0.39 is 37.3 Å². The molecule has 0 aliphatic rings. The van der Waals surface area contributed by atoms with Crippen LogP contribution in [0.3, 0.4) is 0 Å². The van der Waals surface area contributed by atoms with Gasteiger partial charge in [-0.15, -0.1) is 0 Å². The van der Waals surface area contributed by atoms with Crippen LogP contribution in [0.4, 0.5) is 26.3 Å².